The van der Waals surface area contributed by atoms with E-state index >= 15 is 0 Å². The predicted octanol–water partition coefficient (Wildman–Crippen LogP) is 4.52. The molecule has 3 heteroatoms. The van der Waals surface area contributed by atoms with Gasteiger partial charge >= 0.3 is 0 Å². The minimum atomic E-state index is -0.639. The van der Waals surface area contributed by atoms with Crippen LogP contribution in [0.15, 0.2) is 23.1 Å². The molecule has 0 aromatic heterocycles. The van der Waals surface area contributed by atoms with Crippen molar-refractivity contribution in [1.82, 2.24) is 0 Å². The Morgan fingerprint density at radius 3 is 2.58 bits per heavy atom. The van der Waals surface area contributed by atoms with Crippen LogP contribution < -0.4 is 0 Å². The van der Waals surface area contributed by atoms with Crippen molar-refractivity contribution in [2.45, 2.75) is 31.6 Å². The van der Waals surface area contributed by atoms with Crippen molar-refractivity contribution in [3.8, 4) is 0 Å². The highest BCUT2D eigenvalue weighted by Crippen LogP contribution is 2.50. The molecule has 0 radical (unpaired) electrons. The Bertz CT molecular complexity index is 462. The van der Waals surface area contributed by atoms with E-state index in [0.717, 1.165) is 17.1 Å². The number of rotatable bonds is 5. The summed E-state index contributed by atoms with van der Waals surface area (Å²) < 4.78 is 0. The molecule has 19 heavy (non-hydrogen) atoms. The summed E-state index contributed by atoms with van der Waals surface area (Å²) in [5.41, 5.74) is 2.16. The Balaban J connectivity index is 2.09. The Labute approximate surface area is 122 Å². The molecule has 1 aliphatic heterocycles. The number of aryl methyl sites for hydroxylation is 1. The molecule has 0 saturated carbocycles. The van der Waals surface area contributed by atoms with Gasteiger partial charge in [-0.25, -0.2) is 10.0 Å². The molecule has 0 spiro atoms. The summed E-state index contributed by atoms with van der Waals surface area (Å²) in [5.74, 6) is 4.82. The van der Waals surface area contributed by atoms with Crippen LogP contribution in [0.3, 0.4) is 0 Å². The fraction of sp³-hybridized carbons (Fsp3) is 0.562. The van der Waals surface area contributed by atoms with Crippen molar-refractivity contribution in [2.24, 2.45) is 0 Å². The molecular weight excluding hydrogens is 272 g/mol. The summed E-state index contributed by atoms with van der Waals surface area (Å²) in [6.07, 6.45) is 5.00. The zero-order chi connectivity index (χ0) is 13.9. The lowest BCUT2D eigenvalue weighted by Crippen LogP contribution is -2.15. The van der Waals surface area contributed by atoms with Crippen LogP contribution in [0.4, 0.5) is 0 Å². The SMILES string of the molecule is CCSc1ccc(C(=O)CS2(C)CCCC2)cc1C. The third-order valence-electron chi connectivity index (χ3n) is 3.80. The van der Waals surface area contributed by atoms with E-state index < -0.39 is 10.0 Å². The average molecular weight is 297 g/mol. The number of carbonyl (C=O) groups is 1. The Kier molecular flexibility index (Phi) is 5.02. The summed E-state index contributed by atoms with van der Waals surface area (Å²) in [7, 11) is -0.639. The maximum Gasteiger partial charge on any atom is 0.171 e. The molecule has 1 nitrogen and oxygen atoms in total. The lowest BCUT2D eigenvalue weighted by molar-refractivity contribution is 0.102. The smallest absolute Gasteiger partial charge is 0.171 e. The number of hydrogen-bond acceptors (Lipinski definition) is 2. The third kappa shape index (κ3) is 3.79. The summed E-state index contributed by atoms with van der Waals surface area (Å²) >= 11 is 1.85. The van der Waals surface area contributed by atoms with Crippen LogP contribution in [-0.2, 0) is 0 Å². The fourth-order valence-corrected chi connectivity index (χ4v) is 6.54. The van der Waals surface area contributed by atoms with Gasteiger partial charge < -0.3 is 0 Å². The minimum Gasteiger partial charge on any atom is -0.293 e. The first-order chi connectivity index (χ1) is 9.04. The number of Topliss-reactive ketones (excluding diaryl/α,β-unsaturated/α-hetero) is 1. The van der Waals surface area contributed by atoms with Crippen molar-refractivity contribution in [3.05, 3.63) is 29.3 Å². The van der Waals surface area contributed by atoms with Crippen molar-refractivity contribution in [3.63, 3.8) is 0 Å². The van der Waals surface area contributed by atoms with Gasteiger partial charge in [0.1, 0.15) is 0 Å². The number of carbonyl (C=O) groups excluding carboxylic acids is 1. The van der Waals surface area contributed by atoms with E-state index in [1.54, 1.807) is 0 Å². The molecule has 1 aromatic carbocycles. The highest BCUT2D eigenvalue weighted by Gasteiger charge is 2.26. The van der Waals surface area contributed by atoms with Crippen LogP contribution in [0, 0.1) is 6.92 Å². The second-order valence-corrected chi connectivity index (χ2v) is 10.9. The van der Waals surface area contributed by atoms with E-state index in [4.69, 9.17) is 0 Å². The molecule has 1 saturated heterocycles. The molecule has 0 unspecified atom stereocenters. The van der Waals surface area contributed by atoms with Crippen LogP contribution in [0.5, 0.6) is 0 Å². The average Bonchev–Trinajstić information content (AvgIpc) is 2.78. The van der Waals surface area contributed by atoms with Crippen molar-refractivity contribution >= 4 is 27.6 Å². The van der Waals surface area contributed by atoms with E-state index in [1.165, 1.54) is 34.8 Å². The standard InChI is InChI=1S/C16H24OS2/c1-4-18-16-8-7-14(11-13(16)2)15(17)12-19(3)9-5-6-10-19/h7-8,11H,4-6,9-10,12H2,1-3H3. The molecule has 1 aromatic rings. The molecule has 1 fully saturated rings. The highest BCUT2D eigenvalue weighted by molar-refractivity contribution is 8.33. The summed E-state index contributed by atoms with van der Waals surface area (Å²) in [4.78, 5) is 13.7. The Morgan fingerprint density at radius 1 is 1.32 bits per heavy atom. The van der Waals surface area contributed by atoms with E-state index in [9.17, 15) is 4.79 Å². The number of thioether (sulfide) groups is 1. The zero-order valence-electron chi connectivity index (χ0n) is 12.2. The molecule has 0 N–H and O–H groups in total. The van der Waals surface area contributed by atoms with Crippen molar-refractivity contribution in [2.75, 3.05) is 29.3 Å². The van der Waals surface area contributed by atoms with Crippen LogP contribution in [0.25, 0.3) is 0 Å². The lowest BCUT2D eigenvalue weighted by atomic mass is 10.1. The first kappa shape index (κ1) is 15.0. The summed E-state index contributed by atoms with van der Waals surface area (Å²) in [6.45, 7) is 4.27. The monoisotopic (exact) mass is 296 g/mol. The highest BCUT2D eigenvalue weighted by atomic mass is 32.3. The quantitative estimate of drug-likeness (QED) is 0.587. The maximum atomic E-state index is 12.4. The first-order valence-corrected chi connectivity index (χ1v) is 10.6. The van der Waals surface area contributed by atoms with E-state index in [1.807, 2.05) is 17.8 Å². The number of ketones is 1. The molecule has 1 aliphatic rings. The summed E-state index contributed by atoms with van der Waals surface area (Å²) in [5, 5.41) is 0. The van der Waals surface area contributed by atoms with Crippen LogP contribution in [0.1, 0.15) is 35.7 Å². The second-order valence-electron chi connectivity index (χ2n) is 5.57. The van der Waals surface area contributed by atoms with Crippen molar-refractivity contribution < 1.29 is 4.79 Å². The Hall–Kier alpha value is -0.410. The largest absolute Gasteiger partial charge is 0.293 e. The van der Waals surface area contributed by atoms with Gasteiger partial charge in [-0.3, -0.25) is 4.79 Å². The predicted molar refractivity (Wildman–Crippen MR) is 89.3 cm³/mol. The van der Waals surface area contributed by atoms with Crippen LogP contribution in [-0.4, -0.2) is 35.1 Å². The van der Waals surface area contributed by atoms with Crippen molar-refractivity contribution in [1.29, 1.82) is 0 Å². The molecular formula is C16H24OS2. The van der Waals surface area contributed by atoms with Gasteiger partial charge in [0.2, 0.25) is 0 Å². The molecule has 0 amide bonds. The van der Waals surface area contributed by atoms with E-state index in [2.05, 4.69) is 32.2 Å². The van der Waals surface area contributed by atoms with Gasteiger partial charge in [-0.15, -0.1) is 11.8 Å². The normalized spacial score (nSPS) is 19.3. The molecule has 106 valence electrons. The topological polar surface area (TPSA) is 17.1 Å². The van der Waals surface area contributed by atoms with E-state index in [0.29, 0.717) is 5.78 Å². The molecule has 2 rings (SSSR count). The number of hydrogen-bond donors (Lipinski definition) is 0. The van der Waals surface area contributed by atoms with Gasteiger partial charge in [0, 0.05) is 16.2 Å². The van der Waals surface area contributed by atoms with Gasteiger partial charge in [0.25, 0.3) is 0 Å². The van der Waals surface area contributed by atoms with Crippen LogP contribution in [0.2, 0.25) is 0 Å². The Morgan fingerprint density at radius 2 is 2.00 bits per heavy atom. The molecule has 1 heterocycles. The van der Waals surface area contributed by atoms with E-state index in [-0.39, 0.29) is 0 Å². The first-order valence-electron chi connectivity index (χ1n) is 7.02. The third-order valence-corrected chi connectivity index (χ3v) is 8.37. The van der Waals surface area contributed by atoms with Crippen LogP contribution >= 0.6 is 21.8 Å². The molecule has 0 atom stereocenters. The summed E-state index contributed by atoms with van der Waals surface area (Å²) in [6, 6.07) is 6.21. The van der Waals surface area contributed by atoms with Gasteiger partial charge in [-0.2, -0.15) is 0 Å². The molecule has 0 bridgehead atoms. The molecule has 0 aliphatic carbocycles. The number of benzene rings is 1. The maximum absolute atomic E-state index is 12.4. The van der Waals surface area contributed by atoms with Gasteiger partial charge in [0.05, 0.1) is 0 Å². The minimum absolute atomic E-state index is 0.357. The zero-order valence-corrected chi connectivity index (χ0v) is 13.8. The van der Waals surface area contributed by atoms with Gasteiger partial charge in [-0.1, -0.05) is 13.0 Å². The lowest BCUT2D eigenvalue weighted by Gasteiger charge is -2.29. The second kappa shape index (κ2) is 6.36. The van der Waals surface area contributed by atoms with Gasteiger partial charge in [0.15, 0.2) is 5.78 Å². The fourth-order valence-electron chi connectivity index (χ4n) is 2.69. The van der Waals surface area contributed by atoms with Gasteiger partial charge in [-0.05, 0) is 61.0 Å².